The van der Waals surface area contributed by atoms with Crippen molar-refractivity contribution in [3.05, 3.63) is 69.8 Å². The summed E-state index contributed by atoms with van der Waals surface area (Å²) in [4.78, 5) is 29.2. The van der Waals surface area contributed by atoms with Gasteiger partial charge in [-0.3, -0.25) is 14.7 Å². The molecule has 0 saturated carbocycles. The van der Waals surface area contributed by atoms with Gasteiger partial charge in [0.2, 0.25) is 0 Å². The van der Waals surface area contributed by atoms with Gasteiger partial charge in [0.15, 0.2) is 5.82 Å². The highest BCUT2D eigenvalue weighted by Gasteiger charge is 2.14. The van der Waals surface area contributed by atoms with E-state index < -0.39 is 0 Å². The summed E-state index contributed by atoms with van der Waals surface area (Å²) in [5.41, 5.74) is 2.73. The molecular formula is C21H21N5O3. The molecule has 0 unspecified atom stereocenters. The summed E-state index contributed by atoms with van der Waals surface area (Å²) in [6, 6.07) is 10.5. The number of hydrogen-bond acceptors (Lipinski definition) is 5. The van der Waals surface area contributed by atoms with E-state index in [-0.39, 0.29) is 11.5 Å². The maximum absolute atomic E-state index is 12.8. The minimum absolute atomic E-state index is 0.253. The first-order valence-corrected chi connectivity index (χ1v) is 9.19. The molecule has 0 aliphatic heterocycles. The Morgan fingerprint density at radius 1 is 1.31 bits per heavy atom. The average Bonchev–Trinajstić information content (AvgIpc) is 3.12. The van der Waals surface area contributed by atoms with Crippen LogP contribution in [0.1, 0.15) is 28.4 Å². The van der Waals surface area contributed by atoms with Crippen molar-refractivity contribution in [2.24, 2.45) is 0 Å². The number of aryl methyl sites for hydroxylation is 1. The normalized spacial score (nSPS) is 10.5. The fourth-order valence-electron chi connectivity index (χ4n) is 2.90. The van der Waals surface area contributed by atoms with Gasteiger partial charge in [0.05, 0.1) is 29.4 Å². The zero-order valence-corrected chi connectivity index (χ0v) is 16.2. The fraction of sp³-hybridized carbons (Fsp3) is 0.238. The largest absolute Gasteiger partial charge is 0.380 e. The molecule has 148 valence electrons. The van der Waals surface area contributed by atoms with Gasteiger partial charge < -0.3 is 10.1 Å². The maximum Gasteiger partial charge on any atom is 0.280 e. The van der Waals surface area contributed by atoms with Crippen molar-refractivity contribution in [3.8, 4) is 23.0 Å². The molecule has 2 heterocycles. The number of hydrogen-bond donors (Lipinski definition) is 2. The van der Waals surface area contributed by atoms with E-state index in [0.717, 1.165) is 11.1 Å². The van der Waals surface area contributed by atoms with Gasteiger partial charge >= 0.3 is 0 Å². The van der Waals surface area contributed by atoms with Crippen molar-refractivity contribution in [2.45, 2.75) is 13.8 Å². The van der Waals surface area contributed by atoms with Crippen molar-refractivity contribution in [3.63, 3.8) is 0 Å². The van der Waals surface area contributed by atoms with Gasteiger partial charge in [0.25, 0.3) is 11.5 Å². The highest BCUT2D eigenvalue weighted by molar-refractivity contribution is 5.93. The van der Waals surface area contributed by atoms with Crippen molar-refractivity contribution in [2.75, 3.05) is 19.8 Å². The third-order valence-corrected chi connectivity index (χ3v) is 4.39. The van der Waals surface area contributed by atoms with Crippen LogP contribution in [0.15, 0.2) is 47.5 Å². The van der Waals surface area contributed by atoms with Crippen LogP contribution in [0.5, 0.6) is 0 Å². The monoisotopic (exact) mass is 391 g/mol. The predicted molar refractivity (Wildman–Crippen MR) is 108 cm³/mol. The smallest absolute Gasteiger partial charge is 0.280 e. The van der Waals surface area contributed by atoms with Gasteiger partial charge in [-0.15, -0.1) is 0 Å². The summed E-state index contributed by atoms with van der Waals surface area (Å²) >= 11 is 0. The van der Waals surface area contributed by atoms with E-state index in [1.807, 2.05) is 13.8 Å². The minimum Gasteiger partial charge on any atom is -0.380 e. The lowest BCUT2D eigenvalue weighted by Crippen LogP contribution is -2.27. The van der Waals surface area contributed by atoms with E-state index in [1.165, 1.54) is 10.9 Å². The van der Waals surface area contributed by atoms with Crippen molar-refractivity contribution in [1.82, 2.24) is 20.1 Å². The Kier molecular flexibility index (Phi) is 6.22. The van der Waals surface area contributed by atoms with Crippen LogP contribution in [-0.4, -0.2) is 40.4 Å². The van der Waals surface area contributed by atoms with E-state index >= 15 is 0 Å². The molecule has 1 aromatic carbocycles. The Bertz CT molecular complexity index is 1110. The number of benzene rings is 1. The lowest BCUT2D eigenvalue weighted by Gasteiger charge is -2.06. The van der Waals surface area contributed by atoms with Gasteiger partial charge in [-0.05, 0) is 49.2 Å². The first kappa shape index (κ1) is 20.0. The number of aromatic amines is 1. The number of nitrogens with one attached hydrogen (secondary N) is 2. The summed E-state index contributed by atoms with van der Waals surface area (Å²) in [6.45, 7) is 5.20. The van der Waals surface area contributed by atoms with E-state index in [0.29, 0.717) is 42.3 Å². The predicted octanol–water partition coefficient (Wildman–Crippen LogP) is 2.17. The van der Waals surface area contributed by atoms with Crippen LogP contribution in [-0.2, 0) is 4.74 Å². The molecule has 0 aliphatic rings. The molecule has 0 fully saturated rings. The number of H-pyrrole nitrogens is 1. The fourth-order valence-corrected chi connectivity index (χ4v) is 2.90. The molecule has 8 heteroatoms. The highest BCUT2D eigenvalue weighted by atomic mass is 16.5. The van der Waals surface area contributed by atoms with Crippen LogP contribution in [0.2, 0.25) is 0 Å². The molecule has 0 radical (unpaired) electrons. The number of nitrogens with zero attached hydrogens (tertiary/aromatic N) is 3. The summed E-state index contributed by atoms with van der Waals surface area (Å²) < 4.78 is 6.49. The number of nitriles is 1. The second-order valence-corrected chi connectivity index (χ2v) is 6.33. The van der Waals surface area contributed by atoms with Crippen LogP contribution < -0.4 is 10.9 Å². The van der Waals surface area contributed by atoms with Gasteiger partial charge in [-0.25, -0.2) is 9.67 Å². The third kappa shape index (κ3) is 4.42. The molecule has 1 amide bonds. The molecule has 0 atom stereocenters. The number of pyridine rings is 1. The molecule has 0 spiro atoms. The molecule has 0 bridgehead atoms. The number of carbonyl (C=O) groups is 1. The maximum atomic E-state index is 12.8. The molecule has 29 heavy (non-hydrogen) atoms. The second-order valence-electron chi connectivity index (χ2n) is 6.33. The molecule has 3 aromatic rings. The van der Waals surface area contributed by atoms with Gasteiger partial charge in [-0.1, -0.05) is 6.07 Å². The second kappa shape index (κ2) is 8.99. The molecular weight excluding hydrogens is 370 g/mol. The number of amides is 1. The first-order chi connectivity index (χ1) is 14.0. The number of aromatic nitrogens is 3. The summed E-state index contributed by atoms with van der Waals surface area (Å²) in [5, 5.41) is 14.6. The van der Waals surface area contributed by atoms with Crippen molar-refractivity contribution < 1.29 is 9.53 Å². The van der Waals surface area contributed by atoms with Crippen molar-refractivity contribution >= 4 is 5.91 Å². The molecule has 0 aliphatic carbocycles. The summed E-state index contributed by atoms with van der Waals surface area (Å²) in [5.74, 6) is 0.120. The number of carbonyl (C=O) groups excluding carboxylic acids is 1. The zero-order valence-electron chi connectivity index (χ0n) is 16.2. The van der Waals surface area contributed by atoms with E-state index in [2.05, 4.69) is 21.5 Å². The Hall–Kier alpha value is -3.70. The highest BCUT2D eigenvalue weighted by Crippen LogP contribution is 2.21. The number of ether oxygens (including phenoxy) is 1. The van der Waals surface area contributed by atoms with Crippen molar-refractivity contribution in [1.29, 1.82) is 5.26 Å². The molecule has 0 saturated heterocycles. The Morgan fingerprint density at radius 2 is 2.14 bits per heavy atom. The van der Waals surface area contributed by atoms with Crippen LogP contribution in [0.4, 0.5) is 0 Å². The van der Waals surface area contributed by atoms with Gasteiger partial charge in [-0.2, -0.15) is 5.26 Å². The van der Waals surface area contributed by atoms with Crippen LogP contribution >= 0.6 is 0 Å². The lowest BCUT2D eigenvalue weighted by molar-refractivity contribution is 0.0922. The van der Waals surface area contributed by atoms with E-state index in [1.54, 1.807) is 36.5 Å². The Labute approximate surface area is 167 Å². The van der Waals surface area contributed by atoms with Gasteiger partial charge in [0.1, 0.15) is 0 Å². The summed E-state index contributed by atoms with van der Waals surface area (Å²) in [7, 11) is 0. The SMILES string of the molecule is CCOCCNC(=O)c1ccc(-n2[nH]cc(-c3ccc(C#N)cc3C)c2=O)nc1. The topological polar surface area (TPSA) is 113 Å². The van der Waals surface area contributed by atoms with Crippen LogP contribution in [0.3, 0.4) is 0 Å². The average molecular weight is 391 g/mol. The molecule has 2 aromatic heterocycles. The minimum atomic E-state index is -0.265. The first-order valence-electron chi connectivity index (χ1n) is 9.19. The quantitative estimate of drug-likeness (QED) is 0.600. The molecule has 3 rings (SSSR count). The Balaban J connectivity index is 1.80. The summed E-state index contributed by atoms with van der Waals surface area (Å²) in [6.07, 6.45) is 3.03. The van der Waals surface area contributed by atoms with E-state index in [9.17, 15) is 9.59 Å². The molecule has 8 nitrogen and oxygen atoms in total. The number of rotatable bonds is 7. The van der Waals surface area contributed by atoms with Gasteiger partial charge in [0, 0.05) is 25.5 Å². The van der Waals surface area contributed by atoms with E-state index in [4.69, 9.17) is 10.00 Å². The van der Waals surface area contributed by atoms with Crippen LogP contribution in [0.25, 0.3) is 16.9 Å². The third-order valence-electron chi connectivity index (χ3n) is 4.39. The zero-order chi connectivity index (χ0) is 20.8. The molecule has 2 N–H and O–H groups in total. The Morgan fingerprint density at radius 3 is 2.79 bits per heavy atom. The lowest BCUT2D eigenvalue weighted by atomic mass is 10.0. The standard InChI is InChI=1S/C21H21N5O3/c1-3-29-9-8-23-20(27)16-5-7-19(24-12-16)26-21(28)18(13-25-26)17-6-4-15(11-22)10-14(17)2/h4-7,10,12-13,25H,3,8-9H2,1-2H3,(H,23,27). The van der Waals surface area contributed by atoms with Crippen LogP contribution in [0, 0.1) is 18.3 Å².